The molecule has 0 aliphatic heterocycles. The first kappa shape index (κ1) is 17.0. The van der Waals surface area contributed by atoms with Crippen LogP contribution in [-0.2, 0) is 22.4 Å². The molecule has 3 aromatic carbocycles. The van der Waals surface area contributed by atoms with Gasteiger partial charge in [-0.25, -0.2) is 0 Å². The molecular formula is C26H21Hf. The van der Waals surface area contributed by atoms with Crippen LogP contribution in [0.4, 0.5) is 0 Å². The first-order valence-electron chi connectivity index (χ1n) is 9.57. The maximum atomic E-state index is 2.37. The molecule has 0 nitrogen and oxygen atoms in total. The van der Waals surface area contributed by atoms with Gasteiger partial charge in [0.1, 0.15) is 0 Å². The minimum absolute atomic E-state index is 0.620. The van der Waals surface area contributed by atoms with Gasteiger partial charge in [-0.1, -0.05) is 0 Å². The van der Waals surface area contributed by atoms with Crippen molar-refractivity contribution in [2.75, 3.05) is 0 Å². The van der Waals surface area contributed by atoms with Gasteiger partial charge in [0.2, 0.25) is 0 Å². The third kappa shape index (κ3) is 2.99. The van der Waals surface area contributed by atoms with Crippen molar-refractivity contribution in [3.63, 3.8) is 0 Å². The van der Waals surface area contributed by atoms with Crippen LogP contribution in [0.2, 0.25) is 0 Å². The first-order valence-corrected chi connectivity index (χ1v) is 13.4. The second-order valence-corrected chi connectivity index (χ2v) is 13.1. The van der Waals surface area contributed by atoms with Crippen LogP contribution in [0.3, 0.4) is 0 Å². The number of fused-ring (bicyclic) bond motifs is 3. The van der Waals surface area contributed by atoms with Crippen molar-refractivity contribution in [2.45, 2.75) is 17.0 Å². The average Bonchev–Trinajstić information content (AvgIpc) is 3.36. The second-order valence-electron chi connectivity index (χ2n) is 7.25. The molecule has 0 aromatic heterocycles. The fourth-order valence-corrected chi connectivity index (χ4v) is 10.2. The molecule has 3 aromatic rings. The minimum atomic E-state index is -1.10. The number of rotatable bonds is 3. The summed E-state index contributed by atoms with van der Waals surface area (Å²) >= 11 is -1.10. The van der Waals surface area contributed by atoms with Crippen LogP contribution in [0.1, 0.15) is 39.3 Å². The standard InChI is InChI=1S/C18H13.C8H8.Hf/c1-2-7-13(6-1)15-10-5-11-17-16-9-4-3-8-14(16)12-18(15)17;1-2-8-6-4-3-5-7-8;/h1-6,8-12H,7H2;3-7H,1H3;. The Morgan fingerprint density at radius 2 is 1.56 bits per heavy atom. The van der Waals surface area contributed by atoms with Gasteiger partial charge in [0.05, 0.1) is 0 Å². The van der Waals surface area contributed by atoms with Crippen LogP contribution in [-0.4, -0.2) is 3.26 Å². The van der Waals surface area contributed by atoms with Gasteiger partial charge in [0, 0.05) is 0 Å². The molecule has 0 saturated heterocycles. The van der Waals surface area contributed by atoms with E-state index < -0.39 is 22.4 Å². The summed E-state index contributed by atoms with van der Waals surface area (Å²) in [5.41, 5.74) is 10.5. The van der Waals surface area contributed by atoms with Crippen molar-refractivity contribution in [3.8, 4) is 11.1 Å². The van der Waals surface area contributed by atoms with Gasteiger partial charge in [-0.2, -0.15) is 0 Å². The molecular weight excluding hydrogens is 491 g/mol. The molecule has 0 radical (unpaired) electrons. The Balaban J connectivity index is 1.71. The molecule has 2 aliphatic rings. The van der Waals surface area contributed by atoms with Crippen LogP contribution >= 0.6 is 0 Å². The van der Waals surface area contributed by atoms with Crippen LogP contribution in [0.15, 0.2) is 91.0 Å². The number of allylic oxidation sites excluding steroid dienone is 4. The first-order chi connectivity index (χ1) is 13.3. The SMILES string of the molecule is C/[C](=[Hf]\[CH]1c2ccccc2-c2cccc(C3=CC=CC3)c21)c1ccccc1. The Morgan fingerprint density at radius 3 is 2.37 bits per heavy atom. The fourth-order valence-electron chi connectivity index (χ4n) is 4.33. The van der Waals surface area contributed by atoms with Crippen molar-refractivity contribution in [3.05, 3.63) is 113 Å². The molecule has 1 heteroatoms. The fraction of sp³-hybridized carbons (Fsp3) is 0.115. The molecule has 2 aliphatic carbocycles. The van der Waals surface area contributed by atoms with Gasteiger partial charge in [0.25, 0.3) is 0 Å². The molecule has 27 heavy (non-hydrogen) atoms. The Bertz CT molecular complexity index is 1100. The van der Waals surface area contributed by atoms with Gasteiger partial charge >= 0.3 is 173 Å². The van der Waals surface area contributed by atoms with E-state index in [1.54, 1.807) is 14.4 Å². The summed E-state index contributed by atoms with van der Waals surface area (Å²) in [6, 6.07) is 27.0. The van der Waals surface area contributed by atoms with E-state index in [2.05, 4.69) is 97.9 Å². The van der Waals surface area contributed by atoms with E-state index in [0.717, 1.165) is 6.42 Å². The molecule has 0 amide bonds. The Hall–Kier alpha value is -2.12. The molecule has 0 saturated carbocycles. The van der Waals surface area contributed by atoms with Crippen molar-refractivity contribution in [2.24, 2.45) is 0 Å². The molecule has 5 rings (SSSR count). The molecule has 0 N–H and O–H groups in total. The average molecular weight is 512 g/mol. The molecule has 0 bridgehead atoms. The zero-order valence-electron chi connectivity index (χ0n) is 15.4. The molecule has 1 unspecified atom stereocenters. The summed E-state index contributed by atoms with van der Waals surface area (Å²) in [5.74, 6) is 0. The summed E-state index contributed by atoms with van der Waals surface area (Å²) in [4.78, 5) is 0. The van der Waals surface area contributed by atoms with Gasteiger partial charge in [-0.05, 0) is 0 Å². The summed E-state index contributed by atoms with van der Waals surface area (Å²) in [6.07, 6.45) is 7.84. The zero-order chi connectivity index (χ0) is 18.2. The van der Waals surface area contributed by atoms with Gasteiger partial charge < -0.3 is 0 Å². The van der Waals surface area contributed by atoms with E-state index in [1.807, 2.05) is 0 Å². The summed E-state index contributed by atoms with van der Waals surface area (Å²) in [5, 5.41) is 0. The van der Waals surface area contributed by atoms with E-state index in [9.17, 15) is 0 Å². The molecule has 129 valence electrons. The van der Waals surface area contributed by atoms with E-state index in [0.29, 0.717) is 3.67 Å². The topological polar surface area (TPSA) is 0 Å². The maximum absolute atomic E-state index is 2.37. The second kappa shape index (κ2) is 7.13. The van der Waals surface area contributed by atoms with Gasteiger partial charge in [-0.3, -0.25) is 0 Å². The Kier molecular flexibility index (Phi) is 4.49. The normalized spacial score (nSPS) is 17.3. The van der Waals surface area contributed by atoms with Crippen molar-refractivity contribution < 1.29 is 22.4 Å². The number of hydrogen-bond acceptors (Lipinski definition) is 0. The molecule has 1 atom stereocenters. The van der Waals surface area contributed by atoms with Crippen molar-refractivity contribution >= 4 is 8.83 Å². The van der Waals surface area contributed by atoms with Crippen molar-refractivity contribution in [1.29, 1.82) is 0 Å². The molecule has 0 spiro atoms. The molecule has 0 fully saturated rings. The van der Waals surface area contributed by atoms with E-state index in [4.69, 9.17) is 0 Å². The Morgan fingerprint density at radius 1 is 0.815 bits per heavy atom. The van der Waals surface area contributed by atoms with E-state index in [1.165, 1.54) is 27.8 Å². The Labute approximate surface area is 172 Å². The van der Waals surface area contributed by atoms with Crippen LogP contribution < -0.4 is 0 Å². The number of hydrogen-bond donors (Lipinski definition) is 0. The van der Waals surface area contributed by atoms with Crippen LogP contribution in [0.25, 0.3) is 16.7 Å². The van der Waals surface area contributed by atoms with Gasteiger partial charge in [0.15, 0.2) is 0 Å². The summed E-state index contributed by atoms with van der Waals surface area (Å²) in [6.45, 7) is 2.37. The van der Waals surface area contributed by atoms with Crippen LogP contribution in [0.5, 0.6) is 0 Å². The van der Waals surface area contributed by atoms with E-state index >= 15 is 0 Å². The summed E-state index contributed by atoms with van der Waals surface area (Å²) < 4.78 is 2.27. The third-order valence-corrected chi connectivity index (χ3v) is 11.4. The van der Waals surface area contributed by atoms with Crippen LogP contribution in [0, 0.1) is 0 Å². The van der Waals surface area contributed by atoms with Gasteiger partial charge in [-0.15, -0.1) is 0 Å². The summed E-state index contributed by atoms with van der Waals surface area (Å²) in [7, 11) is 0. The predicted molar refractivity (Wildman–Crippen MR) is 112 cm³/mol. The molecule has 0 heterocycles. The quantitative estimate of drug-likeness (QED) is 0.356. The monoisotopic (exact) mass is 513 g/mol. The zero-order valence-corrected chi connectivity index (χ0v) is 19.0. The van der Waals surface area contributed by atoms with Crippen molar-refractivity contribution in [1.82, 2.24) is 0 Å². The van der Waals surface area contributed by atoms with E-state index in [-0.39, 0.29) is 0 Å². The predicted octanol–water partition coefficient (Wildman–Crippen LogP) is 6.42. The third-order valence-electron chi connectivity index (χ3n) is 5.64. The number of benzene rings is 3.